The SMILES string of the molecule is CCCNc1ccc(-c2c(/N=N/c3cc(S(=O)(=O)O)c4cccc(S(=O)(=O)O)c4c3)sc(N)c2C#N)cc1. The third kappa shape index (κ3) is 5.52. The van der Waals surface area contributed by atoms with Gasteiger partial charge >= 0.3 is 0 Å². The number of nitrogens with one attached hydrogen (secondary N) is 1. The average molecular weight is 572 g/mol. The molecular weight excluding hydrogens is 550 g/mol. The number of nitrogens with zero attached hydrogens (tertiary/aromatic N) is 3. The Morgan fingerprint density at radius 3 is 2.26 bits per heavy atom. The summed E-state index contributed by atoms with van der Waals surface area (Å²) in [6.45, 7) is 2.84. The molecule has 0 radical (unpaired) electrons. The van der Waals surface area contributed by atoms with Crippen LogP contribution in [0.3, 0.4) is 0 Å². The molecule has 0 amide bonds. The van der Waals surface area contributed by atoms with Crippen molar-refractivity contribution in [1.82, 2.24) is 0 Å². The molecule has 0 fully saturated rings. The van der Waals surface area contributed by atoms with Crippen molar-refractivity contribution in [3.63, 3.8) is 0 Å². The normalized spacial score (nSPS) is 12.2. The molecule has 38 heavy (non-hydrogen) atoms. The number of thiophene rings is 1. The molecule has 4 rings (SSSR count). The molecule has 0 aliphatic heterocycles. The van der Waals surface area contributed by atoms with E-state index in [4.69, 9.17) is 5.73 Å². The molecule has 0 bridgehead atoms. The first-order valence-electron chi connectivity index (χ1n) is 11.0. The Balaban J connectivity index is 1.87. The fraction of sp³-hybridized carbons (Fsp3) is 0.125. The first-order chi connectivity index (χ1) is 17.9. The Kier molecular flexibility index (Phi) is 7.49. The fourth-order valence-electron chi connectivity index (χ4n) is 3.82. The maximum absolute atomic E-state index is 12.1. The number of anilines is 2. The first kappa shape index (κ1) is 27.2. The Hall–Kier alpha value is -3.87. The largest absolute Gasteiger partial charge is 0.389 e. The van der Waals surface area contributed by atoms with Crippen LogP contribution in [-0.4, -0.2) is 32.5 Å². The van der Waals surface area contributed by atoms with Crippen molar-refractivity contribution < 1.29 is 25.9 Å². The predicted octanol–water partition coefficient (Wildman–Crippen LogP) is 5.75. The molecule has 5 N–H and O–H groups in total. The lowest BCUT2D eigenvalue weighted by atomic mass is 10.0. The van der Waals surface area contributed by atoms with Crippen LogP contribution >= 0.6 is 11.3 Å². The van der Waals surface area contributed by atoms with E-state index in [-0.39, 0.29) is 32.0 Å². The molecule has 0 spiro atoms. The number of nitrogen functional groups attached to an aromatic ring is 1. The van der Waals surface area contributed by atoms with Crippen molar-refractivity contribution in [2.24, 2.45) is 10.2 Å². The summed E-state index contributed by atoms with van der Waals surface area (Å²) in [5, 5.41) is 21.3. The van der Waals surface area contributed by atoms with Gasteiger partial charge in [0.25, 0.3) is 20.2 Å². The lowest BCUT2D eigenvalue weighted by molar-refractivity contribution is 0.481. The summed E-state index contributed by atoms with van der Waals surface area (Å²) in [6.07, 6.45) is 0.950. The van der Waals surface area contributed by atoms with Gasteiger partial charge < -0.3 is 11.1 Å². The van der Waals surface area contributed by atoms with Crippen LogP contribution in [0.5, 0.6) is 0 Å². The number of nitrogens with two attached hydrogens (primary N) is 1. The molecule has 4 aromatic rings. The van der Waals surface area contributed by atoms with E-state index in [2.05, 4.69) is 21.6 Å². The monoisotopic (exact) mass is 571 g/mol. The summed E-state index contributed by atoms with van der Waals surface area (Å²) in [7, 11) is -9.55. The molecule has 1 heterocycles. The highest BCUT2D eigenvalue weighted by atomic mass is 32.2. The zero-order chi connectivity index (χ0) is 27.7. The zero-order valence-electron chi connectivity index (χ0n) is 19.8. The Morgan fingerprint density at radius 1 is 0.974 bits per heavy atom. The van der Waals surface area contributed by atoms with Crippen molar-refractivity contribution >= 4 is 63.7 Å². The van der Waals surface area contributed by atoms with Crippen LogP contribution in [0.2, 0.25) is 0 Å². The van der Waals surface area contributed by atoms with Crippen molar-refractivity contribution in [1.29, 1.82) is 5.26 Å². The zero-order valence-corrected chi connectivity index (χ0v) is 22.2. The van der Waals surface area contributed by atoms with Crippen LogP contribution in [0.1, 0.15) is 18.9 Å². The molecule has 0 saturated heterocycles. The average Bonchev–Trinajstić information content (AvgIpc) is 3.19. The van der Waals surface area contributed by atoms with E-state index < -0.39 is 30.0 Å². The topological polar surface area (TPSA) is 195 Å². The van der Waals surface area contributed by atoms with Crippen molar-refractivity contribution in [2.75, 3.05) is 17.6 Å². The van der Waals surface area contributed by atoms with Gasteiger partial charge in [-0.2, -0.15) is 22.1 Å². The number of hydrogen-bond donors (Lipinski definition) is 4. The quantitative estimate of drug-likeness (QED) is 0.150. The van der Waals surface area contributed by atoms with Gasteiger partial charge in [-0.3, -0.25) is 9.11 Å². The van der Waals surface area contributed by atoms with E-state index in [0.717, 1.165) is 42.1 Å². The molecule has 14 heteroatoms. The second-order valence-electron chi connectivity index (χ2n) is 8.08. The highest BCUT2D eigenvalue weighted by Crippen LogP contribution is 2.45. The molecular formula is C24H21N5O6S3. The molecule has 0 unspecified atom stereocenters. The van der Waals surface area contributed by atoms with Gasteiger partial charge in [-0.15, -0.1) is 10.2 Å². The Bertz CT molecular complexity index is 1820. The summed E-state index contributed by atoms with van der Waals surface area (Å²) < 4.78 is 67.3. The highest BCUT2D eigenvalue weighted by Gasteiger charge is 2.22. The smallest absolute Gasteiger partial charge is 0.295 e. The Morgan fingerprint density at radius 2 is 1.66 bits per heavy atom. The van der Waals surface area contributed by atoms with Crippen LogP contribution in [-0.2, 0) is 20.2 Å². The molecule has 196 valence electrons. The molecule has 0 saturated carbocycles. The summed E-state index contributed by atoms with van der Waals surface area (Å²) in [6, 6.07) is 15.2. The second kappa shape index (κ2) is 10.5. The van der Waals surface area contributed by atoms with E-state index >= 15 is 0 Å². The lowest BCUT2D eigenvalue weighted by Crippen LogP contribution is -2.03. The summed E-state index contributed by atoms with van der Waals surface area (Å²) in [4.78, 5) is -1.19. The fourth-order valence-corrected chi connectivity index (χ4v) is 6.10. The Labute approximate surface area is 222 Å². The van der Waals surface area contributed by atoms with Gasteiger partial charge in [0, 0.05) is 28.6 Å². The summed E-state index contributed by atoms with van der Waals surface area (Å²) >= 11 is 0.994. The third-order valence-electron chi connectivity index (χ3n) is 5.50. The van der Waals surface area contributed by atoms with Gasteiger partial charge in [0.15, 0.2) is 0 Å². The summed E-state index contributed by atoms with van der Waals surface area (Å²) in [5.74, 6) is 0. The van der Waals surface area contributed by atoms with Crippen molar-refractivity contribution in [2.45, 2.75) is 23.1 Å². The van der Waals surface area contributed by atoms with E-state index in [1.54, 1.807) is 12.1 Å². The third-order valence-corrected chi connectivity index (χ3v) is 8.20. The number of hydrogen-bond acceptors (Lipinski definition) is 10. The number of fused-ring (bicyclic) bond motifs is 1. The predicted molar refractivity (Wildman–Crippen MR) is 145 cm³/mol. The maximum Gasteiger partial charge on any atom is 0.295 e. The van der Waals surface area contributed by atoms with Gasteiger partial charge in [0.2, 0.25) is 0 Å². The second-order valence-corrected chi connectivity index (χ2v) is 11.9. The van der Waals surface area contributed by atoms with E-state index in [0.29, 0.717) is 11.1 Å². The van der Waals surface area contributed by atoms with Crippen LogP contribution < -0.4 is 11.1 Å². The number of rotatable bonds is 8. The van der Waals surface area contributed by atoms with E-state index in [1.807, 2.05) is 19.1 Å². The minimum Gasteiger partial charge on any atom is -0.389 e. The van der Waals surface area contributed by atoms with E-state index in [1.165, 1.54) is 18.2 Å². The molecule has 11 nitrogen and oxygen atoms in total. The first-order valence-corrected chi connectivity index (χ1v) is 14.7. The molecule has 1 aromatic heterocycles. The van der Waals surface area contributed by atoms with Crippen LogP contribution in [0, 0.1) is 11.3 Å². The standard InChI is InChI=1S/C24H21N5O6S3/c1-2-10-27-15-8-6-14(7-9-15)22-19(13-25)23(26)36-24(22)29-28-16-11-18-17(21(12-16)38(33,34)35)4-3-5-20(18)37(30,31)32/h3-9,11-12,27H,2,10,26H2,1H3,(H,30,31,32)(H,33,34,35)/b29-28+. The molecule has 0 aliphatic rings. The minimum atomic E-state index is -4.81. The maximum atomic E-state index is 12.1. The van der Waals surface area contributed by atoms with Gasteiger partial charge in [-0.25, -0.2) is 0 Å². The van der Waals surface area contributed by atoms with Crippen molar-refractivity contribution in [3.8, 4) is 17.2 Å². The summed E-state index contributed by atoms with van der Waals surface area (Å²) in [5.41, 5.74) is 8.09. The molecule has 0 atom stereocenters. The van der Waals surface area contributed by atoms with Crippen molar-refractivity contribution in [3.05, 3.63) is 60.2 Å². The van der Waals surface area contributed by atoms with Crippen LogP contribution in [0.25, 0.3) is 21.9 Å². The lowest BCUT2D eigenvalue weighted by Gasteiger charge is -2.09. The number of azo groups is 1. The van der Waals surface area contributed by atoms with Gasteiger partial charge in [0.05, 0.1) is 11.3 Å². The van der Waals surface area contributed by atoms with Crippen LogP contribution in [0.15, 0.2) is 74.6 Å². The van der Waals surface area contributed by atoms with Gasteiger partial charge in [0.1, 0.15) is 25.9 Å². The van der Waals surface area contributed by atoms with Gasteiger partial charge in [-0.1, -0.05) is 42.5 Å². The molecule has 0 aliphatic carbocycles. The van der Waals surface area contributed by atoms with E-state index in [9.17, 15) is 31.2 Å². The minimum absolute atomic E-state index is 0.128. The number of benzene rings is 3. The van der Waals surface area contributed by atoms with Crippen LogP contribution in [0.4, 0.5) is 21.4 Å². The van der Waals surface area contributed by atoms with Gasteiger partial charge in [-0.05, 0) is 42.3 Å². The number of nitriles is 1. The molecule has 3 aromatic carbocycles. The highest BCUT2D eigenvalue weighted by molar-refractivity contribution is 7.86.